The molecule has 0 radical (unpaired) electrons. The third-order valence-corrected chi connectivity index (χ3v) is 6.33. The first-order valence-corrected chi connectivity index (χ1v) is 10.6. The molecule has 2 aliphatic rings. The van der Waals surface area contributed by atoms with Gasteiger partial charge in [-0.3, -0.25) is 9.69 Å². The fraction of sp³-hybridized carbons (Fsp3) is 0.364. The summed E-state index contributed by atoms with van der Waals surface area (Å²) < 4.78 is 6.58. The second-order valence-electron chi connectivity index (χ2n) is 7.55. The predicted octanol–water partition coefficient (Wildman–Crippen LogP) is 3.80. The summed E-state index contributed by atoms with van der Waals surface area (Å²) in [7, 11) is 1.62. The van der Waals surface area contributed by atoms with Gasteiger partial charge in [-0.2, -0.15) is 0 Å². The Kier molecular flexibility index (Phi) is 5.61. The largest absolute Gasteiger partial charge is 0.381 e. The normalized spacial score (nSPS) is 18.3. The van der Waals surface area contributed by atoms with Gasteiger partial charge in [0.25, 0.3) is 5.91 Å². The quantitative estimate of drug-likeness (QED) is 0.759. The third kappa shape index (κ3) is 3.89. The van der Waals surface area contributed by atoms with E-state index < -0.39 is 0 Å². The van der Waals surface area contributed by atoms with Crippen molar-refractivity contribution in [2.24, 2.45) is 0 Å². The van der Waals surface area contributed by atoms with Gasteiger partial charge in [0.2, 0.25) is 0 Å². The van der Waals surface area contributed by atoms with Crippen molar-refractivity contribution in [3.63, 3.8) is 0 Å². The molecule has 2 aromatic rings. The predicted molar refractivity (Wildman–Crippen MR) is 115 cm³/mol. The van der Waals surface area contributed by atoms with Crippen molar-refractivity contribution in [1.29, 1.82) is 0 Å². The molecule has 0 unspecified atom stereocenters. The molecule has 2 heterocycles. The second-order valence-corrected chi connectivity index (χ2v) is 8.46. The Morgan fingerprint density at radius 2 is 1.90 bits per heavy atom. The summed E-state index contributed by atoms with van der Waals surface area (Å²) in [6.45, 7) is 2.41. The monoisotopic (exact) mass is 457 g/mol. The van der Waals surface area contributed by atoms with Crippen LogP contribution < -0.4 is 10.2 Å². The van der Waals surface area contributed by atoms with Crippen molar-refractivity contribution >= 4 is 33.6 Å². The number of rotatable bonds is 4. The number of benzene rings is 2. The van der Waals surface area contributed by atoms with Crippen molar-refractivity contribution in [3.8, 4) is 0 Å². The minimum atomic E-state index is -0.259. The molecule has 4 rings (SSSR count). The van der Waals surface area contributed by atoms with Crippen LogP contribution in [0.15, 0.2) is 53.0 Å². The summed E-state index contributed by atoms with van der Waals surface area (Å²) in [5, 5.41) is 2.65. The number of nitrogens with one attached hydrogen (secondary N) is 1. The molecule has 3 amide bonds. The molecular formula is C22H24BrN3O3. The van der Waals surface area contributed by atoms with Gasteiger partial charge >= 0.3 is 6.03 Å². The summed E-state index contributed by atoms with van der Waals surface area (Å²) in [4.78, 5) is 29.3. The zero-order valence-electron chi connectivity index (χ0n) is 16.4. The summed E-state index contributed by atoms with van der Waals surface area (Å²) in [5.41, 5.74) is 2.18. The molecule has 0 aliphatic carbocycles. The molecule has 6 nitrogen and oxygen atoms in total. The zero-order valence-corrected chi connectivity index (χ0v) is 17.9. The maximum atomic E-state index is 13.5. The molecule has 0 aromatic heterocycles. The number of ether oxygens (including phenoxy) is 1. The van der Waals surface area contributed by atoms with Gasteiger partial charge in [0.1, 0.15) is 0 Å². The fourth-order valence-electron chi connectivity index (χ4n) is 4.17. The van der Waals surface area contributed by atoms with Crippen LogP contribution in [0.25, 0.3) is 0 Å². The van der Waals surface area contributed by atoms with Crippen LogP contribution in [-0.4, -0.2) is 49.2 Å². The number of carbonyl (C=O) groups excluding carboxylic acids is 2. The minimum absolute atomic E-state index is 0.000399. The summed E-state index contributed by atoms with van der Waals surface area (Å²) in [6.07, 6.45) is 1.61. The minimum Gasteiger partial charge on any atom is -0.381 e. The number of amides is 3. The Bertz CT molecular complexity index is 910. The molecule has 0 bridgehead atoms. The number of halogens is 1. The number of urea groups is 1. The molecular weight excluding hydrogens is 434 g/mol. The van der Waals surface area contributed by atoms with E-state index in [4.69, 9.17) is 4.74 Å². The SMILES string of the molecule is CNC(=O)c1cccc(CN2C(=O)N(c3ccc(Br)cc3)CC23CCOCC3)c1. The molecule has 1 spiro atoms. The molecule has 2 aliphatic heterocycles. The first-order valence-electron chi connectivity index (χ1n) is 9.76. The first-order chi connectivity index (χ1) is 14.0. The zero-order chi connectivity index (χ0) is 20.4. The lowest BCUT2D eigenvalue weighted by Gasteiger charge is -2.40. The Morgan fingerprint density at radius 3 is 2.59 bits per heavy atom. The number of hydrogen-bond acceptors (Lipinski definition) is 3. The highest BCUT2D eigenvalue weighted by Crippen LogP contribution is 2.39. The maximum Gasteiger partial charge on any atom is 0.325 e. The lowest BCUT2D eigenvalue weighted by atomic mass is 9.88. The maximum absolute atomic E-state index is 13.5. The van der Waals surface area contributed by atoms with Gasteiger partial charge in [-0.25, -0.2) is 4.79 Å². The van der Waals surface area contributed by atoms with Gasteiger partial charge in [0.05, 0.1) is 12.1 Å². The van der Waals surface area contributed by atoms with Crippen molar-refractivity contribution < 1.29 is 14.3 Å². The molecule has 0 saturated carbocycles. The van der Waals surface area contributed by atoms with Crippen LogP contribution in [0.3, 0.4) is 0 Å². The van der Waals surface area contributed by atoms with Crippen LogP contribution in [0.1, 0.15) is 28.8 Å². The molecule has 152 valence electrons. The highest BCUT2D eigenvalue weighted by molar-refractivity contribution is 9.10. The molecule has 2 saturated heterocycles. The lowest BCUT2D eigenvalue weighted by Crippen LogP contribution is -2.50. The van der Waals surface area contributed by atoms with Crippen molar-refractivity contribution in [2.75, 3.05) is 31.7 Å². The summed E-state index contributed by atoms with van der Waals surface area (Å²) in [5.74, 6) is -0.128. The average molecular weight is 458 g/mol. The van der Waals surface area contributed by atoms with Gasteiger partial charge in [-0.15, -0.1) is 0 Å². The fourth-order valence-corrected chi connectivity index (χ4v) is 4.44. The Balaban J connectivity index is 1.65. The molecule has 1 N–H and O–H groups in total. The van der Waals surface area contributed by atoms with Crippen LogP contribution in [-0.2, 0) is 11.3 Å². The van der Waals surface area contributed by atoms with Crippen molar-refractivity contribution in [3.05, 3.63) is 64.1 Å². The van der Waals surface area contributed by atoms with Crippen LogP contribution >= 0.6 is 15.9 Å². The van der Waals surface area contributed by atoms with Crippen molar-refractivity contribution in [1.82, 2.24) is 10.2 Å². The van der Waals surface area contributed by atoms with Crippen LogP contribution in [0.5, 0.6) is 0 Å². The van der Waals surface area contributed by atoms with E-state index in [-0.39, 0.29) is 17.5 Å². The van der Waals surface area contributed by atoms with Crippen molar-refractivity contribution in [2.45, 2.75) is 24.9 Å². The standard InChI is InChI=1S/C22H24BrN3O3/c1-24-20(27)17-4-2-3-16(13-17)14-26-21(28)25(19-7-5-18(23)6-8-19)15-22(26)9-11-29-12-10-22/h2-8,13H,9-12,14-15H2,1H3,(H,24,27). The molecule has 0 atom stereocenters. The number of anilines is 1. The van der Waals surface area contributed by atoms with Gasteiger partial charge in [-0.1, -0.05) is 28.1 Å². The van der Waals surface area contributed by atoms with E-state index >= 15 is 0 Å². The van der Waals surface area contributed by atoms with E-state index in [1.54, 1.807) is 13.1 Å². The number of carbonyl (C=O) groups is 2. The molecule has 2 aromatic carbocycles. The second kappa shape index (κ2) is 8.16. The Labute approximate surface area is 178 Å². The van der Waals surface area contributed by atoms with E-state index in [2.05, 4.69) is 21.2 Å². The van der Waals surface area contributed by atoms with E-state index in [1.807, 2.05) is 52.3 Å². The highest BCUT2D eigenvalue weighted by atomic mass is 79.9. The van der Waals surface area contributed by atoms with E-state index in [0.29, 0.717) is 31.9 Å². The smallest absolute Gasteiger partial charge is 0.325 e. The first kappa shape index (κ1) is 19.9. The van der Waals surface area contributed by atoms with Gasteiger partial charge < -0.3 is 15.0 Å². The topological polar surface area (TPSA) is 61.9 Å². The van der Waals surface area contributed by atoms with Gasteiger partial charge in [0, 0.05) is 42.5 Å². The summed E-state index contributed by atoms with van der Waals surface area (Å²) >= 11 is 3.46. The number of hydrogen-bond donors (Lipinski definition) is 1. The number of nitrogens with zero attached hydrogens (tertiary/aromatic N) is 2. The van der Waals surface area contributed by atoms with E-state index in [1.165, 1.54) is 0 Å². The van der Waals surface area contributed by atoms with Crippen LogP contribution in [0.2, 0.25) is 0 Å². The molecule has 2 fully saturated rings. The van der Waals surface area contributed by atoms with E-state index in [9.17, 15) is 9.59 Å². The van der Waals surface area contributed by atoms with Gasteiger partial charge in [-0.05, 0) is 54.8 Å². The van der Waals surface area contributed by atoms with E-state index in [0.717, 1.165) is 28.6 Å². The average Bonchev–Trinajstić information content (AvgIpc) is 3.00. The Hall–Kier alpha value is -2.38. The third-order valence-electron chi connectivity index (χ3n) is 5.81. The molecule has 7 heteroatoms. The van der Waals surface area contributed by atoms with Crippen LogP contribution in [0.4, 0.5) is 10.5 Å². The van der Waals surface area contributed by atoms with Crippen LogP contribution in [0, 0.1) is 0 Å². The summed E-state index contributed by atoms with van der Waals surface area (Å²) in [6, 6.07) is 15.3. The Morgan fingerprint density at radius 1 is 1.17 bits per heavy atom. The lowest BCUT2D eigenvalue weighted by molar-refractivity contribution is 0.00611. The molecule has 29 heavy (non-hydrogen) atoms. The van der Waals surface area contributed by atoms with Gasteiger partial charge in [0.15, 0.2) is 0 Å². The highest BCUT2D eigenvalue weighted by Gasteiger charge is 2.50.